The van der Waals surface area contributed by atoms with Crippen molar-refractivity contribution in [2.24, 2.45) is 5.73 Å². The van der Waals surface area contributed by atoms with E-state index in [-0.39, 0.29) is 23.7 Å². The highest BCUT2D eigenvalue weighted by Gasteiger charge is 2.13. The number of halogens is 1. The van der Waals surface area contributed by atoms with Gasteiger partial charge in [0.25, 0.3) is 5.56 Å². The molecule has 0 radical (unpaired) electrons. The number of fused-ring (bicyclic) bond motifs is 1. The van der Waals surface area contributed by atoms with Crippen LogP contribution in [0.1, 0.15) is 5.56 Å². The number of hydrogen-bond acceptors (Lipinski definition) is 4. The fourth-order valence-corrected chi connectivity index (χ4v) is 3.04. The first kappa shape index (κ1) is 16.2. The molecular weight excluding hydrogens is 329 g/mol. The van der Waals surface area contributed by atoms with Crippen LogP contribution in [0.5, 0.6) is 0 Å². The van der Waals surface area contributed by atoms with E-state index in [2.05, 4.69) is 4.98 Å². The highest BCUT2D eigenvalue weighted by molar-refractivity contribution is 7.99. The lowest BCUT2D eigenvalue weighted by atomic mass is 10.2. The molecule has 122 valence electrons. The van der Waals surface area contributed by atoms with Crippen LogP contribution in [-0.4, -0.2) is 21.2 Å². The van der Waals surface area contributed by atoms with Gasteiger partial charge in [0.05, 0.1) is 23.2 Å². The number of thioether (sulfide) groups is 1. The summed E-state index contributed by atoms with van der Waals surface area (Å²) in [5, 5.41) is 0.893. The summed E-state index contributed by atoms with van der Waals surface area (Å²) in [5.74, 6) is -0.810. The lowest BCUT2D eigenvalue weighted by Crippen LogP contribution is -2.25. The second kappa shape index (κ2) is 6.84. The van der Waals surface area contributed by atoms with Gasteiger partial charge in [0.15, 0.2) is 5.16 Å². The number of aromatic nitrogens is 2. The van der Waals surface area contributed by atoms with Gasteiger partial charge in [-0.3, -0.25) is 14.2 Å². The highest BCUT2D eigenvalue weighted by atomic mass is 32.2. The number of rotatable bonds is 5. The molecule has 0 saturated heterocycles. The molecule has 0 fully saturated rings. The van der Waals surface area contributed by atoms with E-state index in [0.29, 0.717) is 16.1 Å². The Morgan fingerprint density at radius 1 is 1.17 bits per heavy atom. The lowest BCUT2D eigenvalue weighted by Gasteiger charge is -2.12. The van der Waals surface area contributed by atoms with Gasteiger partial charge in [-0.15, -0.1) is 0 Å². The lowest BCUT2D eigenvalue weighted by molar-refractivity contribution is -0.115. The van der Waals surface area contributed by atoms with Gasteiger partial charge in [-0.25, -0.2) is 9.37 Å². The Labute approximate surface area is 141 Å². The van der Waals surface area contributed by atoms with Crippen LogP contribution < -0.4 is 11.3 Å². The fourth-order valence-electron chi connectivity index (χ4n) is 2.31. The molecule has 0 spiro atoms. The predicted molar refractivity (Wildman–Crippen MR) is 91.4 cm³/mol. The molecule has 0 bridgehead atoms. The number of primary amides is 1. The second-order valence-electron chi connectivity index (χ2n) is 5.18. The zero-order valence-electron chi connectivity index (χ0n) is 12.6. The van der Waals surface area contributed by atoms with E-state index in [4.69, 9.17) is 5.73 Å². The van der Waals surface area contributed by atoms with E-state index in [9.17, 15) is 14.0 Å². The van der Waals surface area contributed by atoms with E-state index < -0.39 is 5.91 Å². The molecule has 24 heavy (non-hydrogen) atoms. The Balaban J connectivity index is 2.09. The first-order chi connectivity index (χ1) is 11.5. The van der Waals surface area contributed by atoms with Crippen molar-refractivity contribution >= 4 is 28.6 Å². The molecule has 1 aromatic heterocycles. The number of nitrogens with two attached hydrogens (primary N) is 1. The van der Waals surface area contributed by atoms with Crippen molar-refractivity contribution in [1.82, 2.24) is 9.55 Å². The molecule has 1 amide bonds. The van der Waals surface area contributed by atoms with Crippen molar-refractivity contribution in [3.05, 3.63) is 70.3 Å². The van der Waals surface area contributed by atoms with Crippen LogP contribution in [0.2, 0.25) is 0 Å². The number of benzene rings is 2. The predicted octanol–water partition coefficient (Wildman–Crippen LogP) is 2.16. The van der Waals surface area contributed by atoms with Crippen LogP contribution in [-0.2, 0) is 11.3 Å². The summed E-state index contributed by atoms with van der Waals surface area (Å²) in [5.41, 5.74) is 6.30. The molecule has 5 nitrogen and oxygen atoms in total. The monoisotopic (exact) mass is 343 g/mol. The van der Waals surface area contributed by atoms with Crippen LogP contribution >= 0.6 is 11.8 Å². The van der Waals surface area contributed by atoms with Gasteiger partial charge in [-0.05, 0) is 29.8 Å². The number of carbonyl (C=O) groups excluding carboxylic acids is 1. The summed E-state index contributed by atoms with van der Waals surface area (Å²) >= 11 is 1.11. The maximum atomic E-state index is 13.1. The molecule has 0 aliphatic carbocycles. The minimum atomic E-state index is -0.490. The molecule has 2 aromatic carbocycles. The molecule has 1 heterocycles. The molecule has 2 N–H and O–H groups in total. The minimum absolute atomic E-state index is 0.0220. The molecule has 0 unspecified atom stereocenters. The molecule has 0 saturated carbocycles. The zero-order chi connectivity index (χ0) is 17.1. The standard InChI is InChI=1S/C17H14FN3O2S/c18-12-7-5-11(6-8-12)9-21-16(23)13-3-1-2-4-14(13)20-17(21)24-10-15(19)22/h1-8H,9-10H2,(H2,19,22). The molecule has 0 aliphatic heterocycles. The molecule has 3 rings (SSSR count). The maximum absolute atomic E-state index is 13.1. The zero-order valence-corrected chi connectivity index (χ0v) is 13.4. The Morgan fingerprint density at radius 2 is 1.88 bits per heavy atom. The van der Waals surface area contributed by atoms with Crippen molar-refractivity contribution in [3.8, 4) is 0 Å². The summed E-state index contributed by atoms with van der Waals surface area (Å²) in [6.07, 6.45) is 0. The third kappa shape index (κ3) is 3.46. The quantitative estimate of drug-likeness (QED) is 0.569. The van der Waals surface area contributed by atoms with Crippen LogP contribution in [0.4, 0.5) is 4.39 Å². The average molecular weight is 343 g/mol. The van der Waals surface area contributed by atoms with Gasteiger partial charge >= 0.3 is 0 Å². The molecule has 0 aliphatic rings. The van der Waals surface area contributed by atoms with Gasteiger partial charge < -0.3 is 5.73 Å². The van der Waals surface area contributed by atoms with Crippen LogP contribution in [0, 0.1) is 5.82 Å². The van der Waals surface area contributed by atoms with E-state index in [1.807, 2.05) is 0 Å². The highest BCUT2D eigenvalue weighted by Crippen LogP contribution is 2.18. The smallest absolute Gasteiger partial charge is 0.262 e. The topological polar surface area (TPSA) is 78.0 Å². The van der Waals surface area contributed by atoms with Gasteiger partial charge in [0.2, 0.25) is 5.91 Å². The first-order valence-corrected chi connectivity index (χ1v) is 8.18. The van der Waals surface area contributed by atoms with Crippen molar-refractivity contribution in [1.29, 1.82) is 0 Å². The number of nitrogens with zero attached hydrogens (tertiary/aromatic N) is 2. The van der Waals surface area contributed by atoms with Gasteiger partial charge in [-0.2, -0.15) is 0 Å². The largest absolute Gasteiger partial charge is 0.369 e. The Morgan fingerprint density at radius 3 is 2.58 bits per heavy atom. The summed E-state index contributed by atoms with van der Waals surface area (Å²) in [7, 11) is 0. The van der Waals surface area contributed by atoms with Gasteiger partial charge in [-0.1, -0.05) is 36.0 Å². The SMILES string of the molecule is NC(=O)CSc1nc2ccccc2c(=O)n1Cc1ccc(F)cc1. The van der Waals surface area contributed by atoms with Crippen LogP contribution in [0.15, 0.2) is 58.5 Å². The number of hydrogen-bond donors (Lipinski definition) is 1. The third-order valence-electron chi connectivity index (χ3n) is 3.42. The normalized spacial score (nSPS) is 10.9. The van der Waals surface area contributed by atoms with E-state index in [1.54, 1.807) is 36.4 Å². The van der Waals surface area contributed by atoms with Crippen molar-refractivity contribution in [2.75, 3.05) is 5.75 Å². The summed E-state index contributed by atoms with van der Waals surface area (Å²) in [6.45, 7) is 0.234. The fraction of sp³-hybridized carbons (Fsp3) is 0.118. The van der Waals surface area contributed by atoms with E-state index in [0.717, 1.165) is 17.3 Å². The molecule has 7 heteroatoms. The second-order valence-corrected chi connectivity index (χ2v) is 6.13. The molecular formula is C17H14FN3O2S. The van der Waals surface area contributed by atoms with Gasteiger partial charge in [0.1, 0.15) is 5.82 Å². The molecule has 0 atom stereocenters. The van der Waals surface area contributed by atoms with Crippen LogP contribution in [0.25, 0.3) is 10.9 Å². The molecule has 3 aromatic rings. The number of para-hydroxylation sites is 1. The number of carbonyl (C=O) groups is 1. The summed E-state index contributed by atoms with van der Waals surface area (Å²) in [4.78, 5) is 28.3. The van der Waals surface area contributed by atoms with Gasteiger partial charge in [0, 0.05) is 0 Å². The summed E-state index contributed by atoms with van der Waals surface area (Å²) < 4.78 is 14.5. The average Bonchev–Trinajstić information content (AvgIpc) is 2.57. The van der Waals surface area contributed by atoms with Crippen molar-refractivity contribution in [2.45, 2.75) is 11.7 Å². The maximum Gasteiger partial charge on any atom is 0.262 e. The van der Waals surface area contributed by atoms with E-state index in [1.165, 1.54) is 16.7 Å². The first-order valence-electron chi connectivity index (χ1n) is 7.20. The Hall–Kier alpha value is -2.67. The van der Waals surface area contributed by atoms with Crippen molar-refractivity contribution in [3.63, 3.8) is 0 Å². The van der Waals surface area contributed by atoms with E-state index >= 15 is 0 Å². The van der Waals surface area contributed by atoms with Crippen molar-refractivity contribution < 1.29 is 9.18 Å². The summed E-state index contributed by atoms with van der Waals surface area (Å²) in [6, 6.07) is 12.9. The van der Waals surface area contributed by atoms with Crippen LogP contribution in [0.3, 0.4) is 0 Å². The Bertz CT molecular complexity index is 954. The Kier molecular flexibility index (Phi) is 4.61. The minimum Gasteiger partial charge on any atom is -0.369 e. The third-order valence-corrected chi connectivity index (χ3v) is 4.42. The number of amides is 1.